The molecule has 0 unspecified atom stereocenters. The number of halogens is 1. The van der Waals surface area contributed by atoms with Crippen LogP contribution in [0.4, 0.5) is 10.1 Å². The van der Waals surface area contributed by atoms with Crippen molar-refractivity contribution < 1.29 is 4.39 Å². The van der Waals surface area contributed by atoms with Crippen molar-refractivity contribution in [2.45, 2.75) is 26.8 Å². The number of pyridine rings is 3. The normalized spacial score (nSPS) is 11.6. The Labute approximate surface area is 206 Å². The number of aromatic amines is 2. The number of fused-ring (bicyclic) bond motifs is 2. The summed E-state index contributed by atoms with van der Waals surface area (Å²) in [5, 5.41) is 11.9. The van der Waals surface area contributed by atoms with Crippen LogP contribution in [0.25, 0.3) is 55.8 Å². The van der Waals surface area contributed by atoms with Gasteiger partial charge in [0.15, 0.2) is 0 Å². The molecule has 178 valence electrons. The van der Waals surface area contributed by atoms with Gasteiger partial charge in [0.2, 0.25) is 0 Å². The molecule has 0 amide bonds. The lowest BCUT2D eigenvalue weighted by molar-refractivity contribution is 0.627. The summed E-state index contributed by atoms with van der Waals surface area (Å²) in [4.78, 5) is 17.3. The minimum atomic E-state index is -0.281. The SMILES string of the molecule is Cc1cc(F)cc(-c2nccc3[nH]c(-c4n[nH]c5ccc(-c6cncc(NC(C)C)c6)nc45)cc23)c1. The number of nitrogens with zero attached hydrogens (tertiary/aromatic N) is 4. The van der Waals surface area contributed by atoms with Crippen LogP contribution in [0.3, 0.4) is 0 Å². The minimum Gasteiger partial charge on any atom is -0.382 e. The molecule has 0 aliphatic rings. The van der Waals surface area contributed by atoms with Gasteiger partial charge < -0.3 is 10.3 Å². The van der Waals surface area contributed by atoms with Gasteiger partial charge in [0.25, 0.3) is 0 Å². The van der Waals surface area contributed by atoms with Crippen molar-refractivity contribution in [3.05, 3.63) is 78.5 Å². The summed E-state index contributed by atoms with van der Waals surface area (Å²) in [6.07, 6.45) is 5.34. The van der Waals surface area contributed by atoms with E-state index in [4.69, 9.17) is 4.98 Å². The molecule has 0 fully saturated rings. The molecule has 5 aromatic heterocycles. The maximum Gasteiger partial charge on any atom is 0.135 e. The van der Waals surface area contributed by atoms with Crippen LogP contribution in [0.15, 0.2) is 67.1 Å². The van der Waals surface area contributed by atoms with E-state index < -0.39 is 0 Å². The molecule has 36 heavy (non-hydrogen) atoms. The molecule has 0 spiro atoms. The molecular formula is C28H24FN7. The number of rotatable bonds is 5. The van der Waals surface area contributed by atoms with E-state index in [0.717, 1.165) is 55.7 Å². The Balaban J connectivity index is 1.45. The summed E-state index contributed by atoms with van der Waals surface area (Å²) in [6.45, 7) is 6.05. The molecule has 0 atom stereocenters. The molecule has 1 aromatic carbocycles. The molecule has 0 aliphatic heterocycles. The third-order valence-electron chi connectivity index (χ3n) is 6.02. The molecule has 0 aliphatic carbocycles. The minimum absolute atomic E-state index is 0.281. The van der Waals surface area contributed by atoms with Gasteiger partial charge in [-0.3, -0.25) is 15.1 Å². The number of aryl methyl sites for hydroxylation is 1. The van der Waals surface area contributed by atoms with E-state index in [-0.39, 0.29) is 5.82 Å². The second-order valence-corrected chi connectivity index (χ2v) is 9.25. The topological polar surface area (TPSA) is 95.2 Å². The van der Waals surface area contributed by atoms with Crippen molar-refractivity contribution in [1.82, 2.24) is 30.1 Å². The van der Waals surface area contributed by atoms with Crippen molar-refractivity contribution in [2.24, 2.45) is 0 Å². The number of hydrogen-bond donors (Lipinski definition) is 3. The van der Waals surface area contributed by atoms with Crippen LogP contribution in [0.5, 0.6) is 0 Å². The van der Waals surface area contributed by atoms with E-state index in [0.29, 0.717) is 17.4 Å². The summed E-state index contributed by atoms with van der Waals surface area (Å²) in [5.74, 6) is -0.281. The average molecular weight is 478 g/mol. The Morgan fingerprint density at radius 1 is 0.917 bits per heavy atom. The van der Waals surface area contributed by atoms with Gasteiger partial charge in [-0.2, -0.15) is 5.10 Å². The highest BCUT2D eigenvalue weighted by Gasteiger charge is 2.16. The lowest BCUT2D eigenvalue weighted by Gasteiger charge is -2.10. The van der Waals surface area contributed by atoms with Gasteiger partial charge in [0.1, 0.15) is 17.0 Å². The number of hydrogen-bond acceptors (Lipinski definition) is 5. The van der Waals surface area contributed by atoms with E-state index in [1.165, 1.54) is 12.1 Å². The lowest BCUT2D eigenvalue weighted by atomic mass is 10.0. The summed E-state index contributed by atoms with van der Waals surface area (Å²) in [5.41, 5.74) is 8.93. The third kappa shape index (κ3) is 3.96. The molecule has 6 rings (SSSR count). The first-order valence-corrected chi connectivity index (χ1v) is 11.8. The molecule has 6 aromatic rings. The Morgan fingerprint density at radius 2 is 1.81 bits per heavy atom. The Morgan fingerprint density at radius 3 is 2.64 bits per heavy atom. The fourth-order valence-electron chi connectivity index (χ4n) is 4.52. The molecule has 0 radical (unpaired) electrons. The van der Waals surface area contributed by atoms with Gasteiger partial charge in [-0.05, 0) is 74.9 Å². The number of anilines is 1. The Hall–Kier alpha value is -4.59. The molecule has 8 heteroatoms. The maximum atomic E-state index is 14.1. The number of benzene rings is 1. The van der Waals surface area contributed by atoms with E-state index in [9.17, 15) is 4.39 Å². The molecule has 5 heterocycles. The molecule has 0 bridgehead atoms. The molecule has 0 saturated heterocycles. The van der Waals surface area contributed by atoms with Gasteiger partial charge in [0, 0.05) is 46.7 Å². The highest BCUT2D eigenvalue weighted by atomic mass is 19.1. The highest BCUT2D eigenvalue weighted by Crippen LogP contribution is 2.33. The summed E-state index contributed by atoms with van der Waals surface area (Å²) >= 11 is 0. The fraction of sp³-hybridized carbons (Fsp3) is 0.143. The quantitative estimate of drug-likeness (QED) is 0.263. The smallest absolute Gasteiger partial charge is 0.135 e. The van der Waals surface area contributed by atoms with E-state index in [1.807, 2.05) is 49.5 Å². The Kier molecular flexibility index (Phi) is 5.21. The first kappa shape index (κ1) is 21.9. The van der Waals surface area contributed by atoms with Gasteiger partial charge in [-0.25, -0.2) is 9.37 Å². The van der Waals surface area contributed by atoms with Crippen molar-refractivity contribution in [3.63, 3.8) is 0 Å². The van der Waals surface area contributed by atoms with Crippen molar-refractivity contribution >= 4 is 27.6 Å². The summed E-state index contributed by atoms with van der Waals surface area (Å²) in [7, 11) is 0. The predicted molar refractivity (Wildman–Crippen MR) is 141 cm³/mol. The maximum absolute atomic E-state index is 14.1. The Bertz CT molecular complexity index is 1710. The van der Waals surface area contributed by atoms with Crippen LogP contribution in [0.1, 0.15) is 19.4 Å². The van der Waals surface area contributed by atoms with Crippen LogP contribution in [-0.4, -0.2) is 36.2 Å². The van der Waals surface area contributed by atoms with E-state index in [1.54, 1.807) is 12.4 Å². The third-order valence-corrected chi connectivity index (χ3v) is 6.02. The van der Waals surface area contributed by atoms with E-state index in [2.05, 4.69) is 44.3 Å². The predicted octanol–water partition coefficient (Wildman–Crippen LogP) is 6.50. The van der Waals surface area contributed by atoms with Crippen molar-refractivity contribution in [3.8, 4) is 33.9 Å². The molecule has 3 N–H and O–H groups in total. The first-order valence-electron chi connectivity index (χ1n) is 11.8. The highest BCUT2D eigenvalue weighted by molar-refractivity contribution is 5.99. The van der Waals surface area contributed by atoms with Crippen LogP contribution >= 0.6 is 0 Å². The van der Waals surface area contributed by atoms with Gasteiger partial charge >= 0.3 is 0 Å². The van der Waals surface area contributed by atoms with Crippen molar-refractivity contribution in [2.75, 3.05) is 5.32 Å². The zero-order chi connectivity index (χ0) is 24.8. The monoisotopic (exact) mass is 477 g/mol. The van der Waals surface area contributed by atoms with Crippen LogP contribution in [0, 0.1) is 12.7 Å². The fourth-order valence-corrected chi connectivity index (χ4v) is 4.52. The van der Waals surface area contributed by atoms with Crippen LogP contribution < -0.4 is 5.32 Å². The van der Waals surface area contributed by atoms with Crippen LogP contribution in [0.2, 0.25) is 0 Å². The van der Waals surface area contributed by atoms with E-state index >= 15 is 0 Å². The molecular weight excluding hydrogens is 453 g/mol. The molecule has 0 saturated carbocycles. The zero-order valence-electron chi connectivity index (χ0n) is 20.1. The van der Waals surface area contributed by atoms with Gasteiger partial charge in [-0.1, -0.05) is 0 Å². The van der Waals surface area contributed by atoms with Crippen molar-refractivity contribution in [1.29, 1.82) is 0 Å². The van der Waals surface area contributed by atoms with Gasteiger partial charge in [-0.15, -0.1) is 0 Å². The largest absolute Gasteiger partial charge is 0.382 e. The second kappa shape index (κ2) is 8.57. The lowest BCUT2D eigenvalue weighted by Crippen LogP contribution is -2.09. The standard InChI is InChI=1S/C28H24FN7/c1-15(2)32-20-11-18(13-30-14-20)22-4-5-24-27(34-22)28(36-35-24)25-12-21-23(33-25)6-7-31-26(21)17-8-16(3)9-19(29)10-17/h4-15,32-33H,1-3H3,(H,35,36). The zero-order valence-corrected chi connectivity index (χ0v) is 20.1. The number of H-pyrrole nitrogens is 2. The molecule has 7 nitrogen and oxygen atoms in total. The number of nitrogens with one attached hydrogen (secondary N) is 3. The first-order chi connectivity index (χ1) is 17.4. The number of aromatic nitrogens is 6. The summed E-state index contributed by atoms with van der Waals surface area (Å²) < 4.78 is 14.1. The summed E-state index contributed by atoms with van der Waals surface area (Å²) in [6, 6.07) is 15.1. The van der Waals surface area contributed by atoms with Gasteiger partial charge in [0.05, 0.1) is 28.3 Å². The second-order valence-electron chi connectivity index (χ2n) is 9.25. The average Bonchev–Trinajstić information content (AvgIpc) is 3.46. The van der Waals surface area contributed by atoms with Crippen LogP contribution in [-0.2, 0) is 0 Å².